The highest BCUT2D eigenvalue weighted by atomic mass is 79.9. The fraction of sp³-hybridized carbons (Fsp3) is 0.560. The summed E-state index contributed by atoms with van der Waals surface area (Å²) in [5.41, 5.74) is 1.70. The first-order chi connectivity index (χ1) is 16.5. The van der Waals surface area contributed by atoms with E-state index in [4.69, 9.17) is 14.7 Å². The largest absolute Gasteiger partial charge is 0.444 e. The first kappa shape index (κ1) is 26.2. The number of anilines is 1. The maximum atomic E-state index is 12.5. The number of aryl methyl sites for hydroxylation is 1. The fourth-order valence-corrected chi connectivity index (χ4v) is 5.96. The molecule has 0 spiro atoms. The monoisotopic (exact) mass is 564 g/mol. The van der Waals surface area contributed by atoms with Gasteiger partial charge >= 0.3 is 6.09 Å². The molecule has 1 aromatic carbocycles. The van der Waals surface area contributed by atoms with Crippen LogP contribution in [-0.2, 0) is 29.8 Å². The summed E-state index contributed by atoms with van der Waals surface area (Å²) < 4.78 is 6.40. The Morgan fingerprint density at radius 3 is 2.57 bits per heavy atom. The number of aliphatic hydroxyl groups is 2. The predicted molar refractivity (Wildman–Crippen MR) is 140 cm³/mol. The maximum absolute atomic E-state index is 12.5. The Kier molecular flexibility index (Phi) is 7.66. The summed E-state index contributed by atoms with van der Waals surface area (Å²) in [6, 6.07) is 5.98. The SMILES string of the molecule is CSc1nc(CC2(O)CCc3cccc(Br)c32)c(CO)c(N2CCN(C(=O)OC(C)(C)C)CC2)n1. The van der Waals surface area contributed by atoms with Gasteiger partial charge in [-0.1, -0.05) is 39.8 Å². The Morgan fingerprint density at radius 2 is 1.94 bits per heavy atom. The second-order valence-corrected chi connectivity index (χ2v) is 11.7. The summed E-state index contributed by atoms with van der Waals surface area (Å²) in [6.07, 6.45) is 3.27. The van der Waals surface area contributed by atoms with Crippen LogP contribution in [0.4, 0.5) is 10.6 Å². The molecule has 4 rings (SSSR count). The van der Waals surface area contributed by atoms with E-state index in [0.717, 1.165) is 22.0 Å². The van der Waals surface area contributed by atoms with E-state index in [9.17, 15) is 15.0 Å². The number of carbonyl (C=O) groups excluding carboxylic acids is 1. The van der Waals surface area contributed by atoms with Crippen molar-refractivity contribution >= 4 is 39.6 Å². The predicted octanol–water partition coefficient (Wildman–Crippen LogP) is 3.89. The molecule has 1 amide bonds. The van der Waals surface area contributed by atoms with Gasteiger partial charge in [-0.15, -0.1) is 0 Å². The second-order valence-electron chi connectivity index (χ2n) is 10.1. The molecule has 2 heterocycles. The lowest BCUT2D eigenvalue weighted by atomic mass is 9.89. The normalized spacial score (nSPS) is 20.2. The quantitative estimate of drug-likeness (QED) is 0.417. The van der Waals surface area contributed by atoms with Gasteiger partial charge in [0.05, 0.1) is 17.9 Å². The third-order valence-corrected chi connectivity index (χ3v) is 7.66. The first-order valence-electron chi connectivity index (χ1n) is 11.8. The van der Waals surface area contributed by atoms with Crippen molar-refractivity contribution in [2.45, 2.75) is 63.0 Å². The van der Waals surface area contributed by atoms with Crippen LogP contribution < -0.4 is 4.90 Å². The molecule has 1 saturated heterocycles. The molecule has 0 saturated carbocycles. The van der Waals surface area contributed by atoms with Gasteiger partial charge in [-0.25, -0.2) is 14.8 Å². The van der Waals surface area contributed by atoms with Gasteiger partial charge in [0, 0.05) is 48.2 Å². The molecule has 1 atom stereocenters. The van der Waals surface area contributed by atoms with Crippen LogP contribution in [0, 0.1) is 0 Å². The van der Waals surface area contributed by atoms with Crippen molar-refractivity contribution in [3.63, 3.8) is 0 Å². The Labute approximate surface area is 219 Å². The van der Waals surface area contributed by atoms with E-state index in [2.05, 4.69) is 20.8 Å². The molecule has 2 N–H and O–H groups in total. The minimum atomic E-state index is -1.07. The summed E-state index contributed by atoms with van der Waals surface area (Å²) >= 11 is 5.05. The zero-order valence-corrected chi connectivity index (χ0v) is 23.1. The van der Waals surface area contributed by atoms with Gasteiger partial charge in [-0.2, -0.15) is 0 Å². The number of carbonyl (C=O) groups is 1. The van der Waals surface area contributed by atoms with Crippen molar-refractivity contribution in [2.75, 3.05) is 37.3 Å². The first-order valence-corrected chi connectivity index (χ1v) is 13.8. The standard InChI is InChI=1S/C25H33BrN4O4S/c1-24(2,3)34-23(32)30-12-10-29(11-13-30)21-17(15-31)19(27-22(28-21)35-4)14-25(33)9-8-16-6-5-7-18(26)20(16)25/h5-7,31,33H,8-15H2,1-4H3. The number of amides is 1. The maximum Gasteiger partial charge on any atom is 0.410 e. The highest BCUT2D eigenvalue weighted by Crippen LogP contribution is 2.44. The van der Waals surface area contributed by atoms with Gasteiger partial charge in [-0.3, -0.25) is 0 Å². The van der Waals surface area contributed by atoms with Crippen molar-refractivity contribution in [3.8, 4) is 0 Å². The van der Waals surface area contributed by atoms with E-state index in [1.165, 1.54) is 11.8 Å². The van der Waals surface area contributed by atoms with Gasteiger partial charge in [0.2, 0.25) is 0 Å². The molecule has 8 nitrogen and oxygen atoms in total. The van der Waals surface area contributed by atoms with Gasteiger partial charge in [0.25, 0.3) is 0 Å². The van der Waals surface area contributed by atoms with Crippen molar-refractivity contribution in [3.05, 3.63) is 45.1 Å². The zero-order chi connectivity index (χ0) is 25.4. The minimum Gasteiger partial charge on any atom is -0.444 e. The molecule has 1 fully saturated rings. The number of aromatic nitrogens is 2. The molecule has 1 aliphatic carbocycles. The molecule has 0 bridgehead atoms. The van der Waals surface area contributed by atoms with E-state index in [1.54, 1.807) is 4.90 Å². The number of hydrogen-bond acceptors (Lipinski definition) is 8. The minimum absolute atomic E-state index is 0.232. The van der Waals surface area contributed by atoms with E-state index in [1.807, 2.05) is 45.2 Å². The molecule has 2 aromatic rings. The number of fused-ring (bicyclic) bond motifs is 1. The summed E-state index contributed by atoms with van der Waals surface area (Å²) in [6.45, 7) is 7.47. The van der Waals surface area contributed by atoms with Crippen LogP contribution >= 0.6 is 27.7 Å². The highest BCUT2D eigenvalue weighted by Gasteiger charge is 2.40. The molecular weight excluding hydrogens is 532 g/mol. The van der Waals surface area contributed by atoms with Gasteiger partial charge < -0.3 is 24.7 Å². The van der Waals surface area contributed by atoms with Crippen LogP contribution in [-0.4, -0.2) is 69.2 Å². The van der Waals surface area contributed by atoms with Crippen molar-refractivity contribution < 1.29 is 19.7 Å². The lowest BCUT2D eigenvalue weighted by Crippen LogP contribution is -2.50. The van der Waals surface area contributed by atoms with Crippen molar-refractivity contribution in [1.82, 2.24) is 14.9 Å². The molecule has 190 valence electrons. The van der Waals surface area contributed by atoms with E-state index >= 15 is 0 Å². The number of ether oxygens (including phenoxy) is 1. The number of halogens is 1. The average molecular weight is 566 g/mol. The van der Waals surface area contributed by atoms with E-state index in [-0.39, 0.29) is 12.7 Å². The van der Waals surface area contributed by atoms with Gasteiger partial charge in [0.15, 0.2) is 5.16 Å². The number of aliphatic hydroxyl groups excluding tert-OH is 1. The molecule has 35 heavy (non-hydrogen) atoms. The third-order valence-electron chi connectivity index (χ3n) is 6.46. The number of rotatable bonds is 5. The molecule has 0 radical (unpaired) electrons. The molecular formula is C25H33BrN4O4S. The molecule has 1 aromatic heterocycles. The number of benzene rings is 1. The van der Waals surface area contributed by atoms with Gasteiger partial charge in [-0.05, 0) is 51.5 Å². The highest BCUT2D eigenvalue weighted by molar-refractivity contribution is 9.10. The van der Waals surface area contributed by atoms with Crippen molar-refractivity contribution in [1.29, 1.82) is 0 Å². The third kappa shape index (κ3) is 5.60. The molecule has 1 aliphatic heterocycles. The molecule has 2 aliphatic rings. The molecule has 10 heteroatoms. The Bertz CT molecular complexity index is 1100. The summed E-state index contributed by atoms with van der Waals surface area (Å²) in [4.78, 5) is 25.7. The average Bonchev–Trinajstić information content (AvgIpc) is 3.15. The van der Waals surface area contributed by atoms with E-state index < -0.39 is 11.2 Å². The Balaban J connectivity index is 1.60. The van der Waals surface area contributed by atoms with Crippen LogP contribution in [0.1, 0.15) is 49.6 Å². The Hall–Kier alpha value is -1.88. The van der Waals surface area contributed by atoms with Crippen molar-refractivity contribution in [2.24, 2.45) is 0 Å². The van der Waals surface area contributed by atoms with Crippen LogP contribution in [0.25, 0.3) is 0 Å². The summed E-state index contributed by atoms with van der Waals surface area (Å²) in [7, 11) is 0. The summed E-state index contributed by atoms with van der Waals surface area (Å²) in [5.74, 6) is 0.666. The number of thioether (sulfide) groups is 1. The topological polar surface area (TPSA) is 99.0 Å². The van der Waals surface area contributed by atoms with Crippen LogP contribution in [0.15, 0.2) is 27.8 Å². The summed E-state index contributed by atoms with van der Waals surface area (Å²) in [5, 5.41) is 22.7. The lowest BCUT2D eigenvalue weighted by molar-refractivity contribution is 0.0239. The Morgan fingerprint density at radius 1 is 1.23 bits per heavy atom. The van der Waals surface area contributed by atoms with E-state index in [0.29, 0.717) is 61.3 Å². The van der Waals surface area contributed by atoms with Crippen LogP contribution in [0.5, 0.6) is 0 Å². The van der Waals surface area contributed by atoms with Crippen LogP contribution in [0.2, 0.25) is 0 Å². The number of hydrogen-bond donors (Lipinski definition) is 2. The number of piperazine rings is 1. The smallest absolute Gasteiger partial charge is 0.410 e. The molecule has 1 unspecified atom stereocenters. The second kappa shape index (κ2) is 10.2. The van der Waals surface area contributed by atoms with Gasteiger partial charge in [0.1, 0.15) is 11.4 Å². The fourth-order valence-electron chi connectivity index (χ4n) is 4.80. The zero-order valence-electron chi connectivity index (χ0n) is 20.7. The number of nitrogens with zero attached hydrogens (tertiary/aromatic N) is 4. The lowest BCUT2D eigenvalue weighted by Gasteiger charge is -2.37. The van der Waals surface area contributed by atoms with Crippen LogP contribution in [0.3, 0.4) is 0 Å².